The first-order valence-electron chi connectivity index (χ1n) is 5.53. The maximum atomic E-state index is 12.0. The molecule has 0 aromatic heterocycles. The maximum absolute atomic E-state index is 12.0. The van der Waals surface area contributed by atoms with Gasteiger partial charge in [-0.05, 0) is 47.5 Å². The largest absolute Gasteiger partial charge is 0.399 e. The molecule has 17 heavy (non-hydrogen) atoms. The molecule has 3 N–H and O–H groups in total. The van der Waals surface area contributed by atoms with E-state index >= 15 is 0 Å². The van der Waals surface area contributed by atoms with E-state index in [0.29, 0.717) is 18.0 Å². The van der Waals surface area contributed by atoms with Crippen LogP contribution in [0.5, 0.6) is 0 Å². The number of halogens is 1. The Morgan fingerprint density at radius 3 is 3.00 bits per heavy atom. The van der Waals surface area contributed by atoms with E-state index in [4.69, 9.17) is 10.5 Å². The summed E-state index contributed by atoms with van der Waals surface area (Å²) < 4.78 is 6.21. The summed E-state index contributed by atoms with van der Waals surface area (Å²) in [6.45, 7) is 2.47. The standard InChI is InChI=1S/C12H15BrN2O2/c1-7-4-8(6-17-7)12(16)15-11-5-9(14)2-3-10(11)13/h2-3,5,7-8H,4,6,14H2,1H3,(H,15,16). The molecule has 0 spiro atoms. The van der Waals surface area contributed by atoms with Crippen molar-refractivity contribution in [2.45, 2.75) is 19.4 Å². The van der Waals surface area contributed by atoms with E-state index < -0.39 is 0 Å². The van der Waals surface area contributed by atoms with E-state index in [0.717, 1.165) is 10.9 Å². The summed E-state index contributed by atoms with van der Waals surface area (Å²) in [7, 11) is 0. The SMILES string of the molecule is CC1CC(C(=O)Nc2cc(N)ccc2Br)CO1. The van der Waals surface area contributed by atoms with Crippen LogP contribution in [0.3, 0.4) is 0 Å². The number of hydrogen-bond acceptors (Lipinski definition) is 3. The first-order valence-corrected chi connectivity index (χ1v) is 6.33. The zero-order valence-corrected chi connectivity index (χ0v) is 11.2. The van der Waals surface area contributed by atoms with E-state index in [1.54, 1.807) is 12.1 Å². The lowest BCUT2D eigenvalue weighted by Gasteiger charge is -2.11. The molecular formula is C12H15BrN2O2. The quantitative estimate of drug-likeness (QED) is 0.824. The number of benzene rings is 1. The lowest BCUT2D eigenvalue weighted by Crippen LogP contribution is -2.23. The van der Waals surface area contributed by atoms with Gasteiger partial charge in [0.25, 0.3) is 0 Å². The van der Waals surface area contributed by atoms with Crippen molar-refractivity contribution >= 4 is 33.2 Å². The highest BCUT2D eigenvalue weighted by Crippen LogP contribution is 2.27. The average molecular weight is 299 g/mol. The van der Waals surface area contributed by atoms with Gasteiger partial charge in [0.05, 0.1) is 24.3 Å². The van der Waals surface area contributed by atoms with Crippen molar-refractivity contribution in [3.63, 3.8) is 0 Å². The molecule has 0 aliphatic carbocycles. The minimum atomic E-state index is -0.0710. The van der Waals surface area contributed by atoms with E-state index in [1.807, 2.05) is 13.0 Å². The predicted molar refractivity (Wildman–Crippen MR) is 70.7 cm³/mol. The number of hydrogen-bond donors (Lipinski definition) is 2. The second-order valence-corrected chi connectivity index (χ2v) is 5.16. The molecule has 0 radical (unpaired) electrons. The third-order valence-corrected chi connectivity index (χ3v) is 3.51. The van der Waals surface area contributed by atoms with Gasteiger partial charge in [-0.15, -0.1) is 0 Å². The maximum Gasteiger partial charge on any atom is 0.229 e. The average Bonchev–Trinajstić information content (AvgIpc) is 2.70. The number of nitrogens with one attached hydrogen (secondary N) is 1. The summed E-state index contributed by atoms with van der Waals surface area (Å²) in [5, 5.41) is 2.87. The number of rotatable bonds is 2. The molecule has 1 aliphatic rings. The molecule has 1 fully saturated rings. The number of amides is 1. The Kier molecular flexibility index (Phi) is 3.69. The molecular weight excluding hydrogens is 284 g/mol. The van der Waals surface area contributed by atoms with Crippen molar-refractivity contribution in [3.8, 4) is 0 Å². The molecule has 92 valence electrons. The van der Waals surface area contributed by atoms with Gasteiger partial charge in [0.1, 0.15) is 0 Å². The van der Waals surface area contributed by atoms with Crippen molar-refractivity contribution in [1.29, 1.82) is 0 Å². The van der Waals surface area contributed by atoms with E-state index in [9.17, 15) is 4.79 Å². The first-order chi connectivity index (χ1) is 8.06. The van der Waals surface area contributed by atoms with Crippen LogP contribution in [0.15, 0.2) is 22.7 Å². The number of carbonyl (C=O) groups is 1. The van der Waals surface area contributed by atoms with Crippen LogP contribution in [0.25, 0.3) is 0 Å². The Balaban J connectivity index is 2.05. The van der Waals surface area contributed by atoms with Crippen molar-refractivity contribution in [2.75, 3.05) is 17.7 Å². The number of ether oxygens (including phenoxy) is 1. The minimum Gasteiger partial charge on any atom is -0.399 e. The molecule has 2 rings (SSSR count). The van der Waals surface area contributed by atoms with E-state index in [-0.39, 0.29) is 17.9 Å². The molecule has 1 amide bonds. The second kappa shape index (κ2) is 5.06. The van der Waals surface area contributed by atoms with Crippen molar-refractivity contribution < 1.29 is 9.53 Å². The van der Waals surface area contributed by atoms with Crippen LogP contribution in [0.2, 0.25) is 0 Å². The van der Waals surface area contributed by atoms with Gasteiger partial charge < -0.3 is 15.8 Å². The highest BCUT2D eigenvalue weighted by molar-refractivity contribution is 9.10. The molecule has 1 aromatic rings. The van der Waals surface area contributed by atoms with Crippen LogP contribution in [0, 0.1) is 5.92 Å². The van der Waals surface area contributed by atoms with Gasteiger partial charge in [-0.1, -0.05) is 0 Å². The lowest BCUT2D eigenvalue weighted by atomic mass is 10.1. The monoisotopic (exact) mass is 298 g/mol. The van der Waals surface area contributed by atoms with Crippen LogP contribution in [0.1, 0.15) is 13.3 Å². The Morgan fingerprint density at radius 2 is 2.35 bits per heavy atom. The Bertz CT molecular complexity index is 437. The second-order valence-electron chi connectivity index (χ2n) is 4.31. The highest BCUT2D eigenvalue weighted by Gasteiger charge is 2.28. The summed E-state index contributed by atoms with van der Waals surface area (Å²) in [6, 6.07) is 5.33. The summed E-state index contributed by atoms with van der Waals surface area (Å²) in [6.07, 6.45) is 0.932. The topological polar surface area (TPSA) is 64.4 Å². The predicted octanol–water partition coefficient (Wildman–Crippen LogP) is 2.39. The third kappa shape index (κ3) is 2.98. The van der Waals surface area contributed by atoms with Crippen molar-refractivity contribution in [3.05, 3.63) is 22.7 Å². The highest BCUT2D eigenvalue weighted by atomic mass is 79.9. The van der Waals surface area contributed by atoms with Crippen molar-refractivity contribution in [2.24, 2.45) is 5.92 Å². The lowest BCUT2D eigenvalue weighted by molar-refractivity contribution is -0.119. The fourth-order valence-electron chi connectivity index (χ4n) is 1.87. The zero-order valence-electron chi connectivity index (χ0n) is 9.57. The van der Waals surface area contributed by atoms with Crippen LogP contribution in [-0.2, 0) is 9.53 Å². The number of nitrogens with two attached hydrogens (primary N) is 1. The normalized spacial score (nSPS) is 23.6. The summed E-state index contributed by atoms with van der Waals surface area (Å²) in [5.41, 5.74) is 7.01. The third-order valence-electron chi connectivity index (χ3n) is 2.82. The molecule has 0 bridgehead atoms. The molecule has 0 saturated carbocycles. The molecule has 1 aliphatic heterocycles. The Hall–Kier alpha value is -1.07. The van der Waals surface area contributed by atoms with Gasteiger partial charge in [0.15, 0.2) is 0 Å². The van der Waals surface area contributed by atoms with Crippen LogP contribution >= 0.6 is 15.9 Å². The number of carbonyl (C=O) groups excluding carboxylic acids is 1. The molecule has 1 saturated heterocycles. The van der Waals surface area contributed by atoms with Gasteiger partial charge >= 0.3 is 0 Å². The fourth-order valence-corrected chi connectivity index (χ4v) is 2.22. The van der Waals surface area contributed by atoms with Gasteiger partial charge in [0.2, 0.25) is 5.91 Å². The minimum absolute atomic E-state index is 0.0133. The molecule has 4 nitrogen and oxygen atoms in total. The molecule has 2 atom stereocenters. The Labute approximate surface area is 109 Å². The van der Waals surface area contributed by atoms with E-state index in [2.05, 4.69) is 21.2 Å². The summed E-state index contributed by atoms with van der Waals surface area (Å²) >= 11 is 3.38. The van der Waals surface area contributed by atoms with E-state index in [1.165, 1.54) is 0 Å². The van der Waals surface area contributed by atoms with Crippen molar-refractivity contribution in [1.82, 2.24) is 0 Å². The first kappa shape index (κ1) is 12.4. The van der Waals surface area contributed by atoms with Gasteiger partial charge in [-0.2, -0.15) is 0 Å². The molecule has 1 aromatic carbocycles. The smallest absolute Gasteiger partial charge is 0.229 e. The summed E-state index contributed by atoms with van der Waals surface area (Å²) in [5.74, 6) is -0.0843. The zero-order chi connectivity index (χ0) is 12.4. The fraction of sp³-hybridized carbons (Fsp3) is 0.417. The number of anilines is 2. The van der Waals surface area contributed by atoms with Gasteiger partial charge in [-0.3, -0.25) is 4.79 Å². The molecule has 5 heteroatoms. The van der Waals surface area contributed by atoms with Crippen LogP contribution < -0.4 is 11.1 Å². The number of nitrogen functional groups attached to an aromatic ring is 1. The Morgan fingerprint density at radius 1 is 1.59 bits per heavy atom. The van der Waals surface area contributed by atoms with Gasteiger partial charge in [-0.25, -0.2) is 0 Å². The van der Waals surface area contributed by atoms with Gasteiger partial charge in [0, 0.05) is 10.2 Å². The molecule has 1 heterocycles. The summed E-state index contributed by atoms with van der Waals surface area (Å²) in [4.78, 5) is 12.0. The van der Waals surface area contributed by atoms with Crippen LogP contribution in [0.4, 0.5) is 11.4 Å². The molecule has 2 unspecified atom stereocenters. The van der Waals surface area contributed by atoms with Crippen LogP contribution in [-0.4, -0.2) is 18.6 Å².